The molecule has 4 N–H and O–H groups in total. The topological polar surface area (TPSA) is 83.8 Å². The highest BCUT2D eigenvalue weighted by Gasteiger charge is 2.17. The molecule has 0 saturated carbocycles. The van der Waals surface area contributed by atoms with Crippen molar-refractivity contribution in [3.63, 3.8) is 0 Å². The first-order valence-electron chi connectivity index (χ1n) is 4.83. The Balaban J connectivity index is 2.22. The van der Waals surface area contributed by atoms with Gasteiger partial charge in [0.1, 0.15) is 5.69 Å². The van der Waals surface area contributed by atoms with Crippen molar-refractivity contribution in [3.05, 3.63) is 22.1 Å². The molecule has 76 valence electrons. The average Bonchev–Trinajstić information content (AvgIpc) is 2.23. The minimum absolute atomic E-state index is 0.251. The molecule has 0 spiro atoms. The Bertz CT molecular complexity index is 367. The summed E-state index contributed by atoms with van der Waals surface area (Å²) in [5, 5.41) is 9.71. The molecule has 0 radical (unpaired) electrons. The number of rotatable bonds is 1. The number of anilines is 1. The van der Waals surface area contributed by atoms with Crippen molar-refractivity contribution in [2.75, 3.05) is 18.8 Å². The van der Waals surface area contributed by atoms with Crippen LogP contribution in [0.25, 0.3) is 0 Å². The highest BCUT2D eigenvalue weighted by atomic mass is 16.1. The molecule has 0 amide bonds. The number of aromatic nitrogens is 2. The van der Waals surface area contributed by atoms with E-state index in [1.54, 1.807) is 6.07 Å². The molecule has 2 rings (SSSR count). The Morgan fingerprint density at radius 1 is 1.57 bits per heavy atom. The van der Waals surface area contributed by atoms with Gasteiger partial charge in [0.05, 0.1) is 5.69 Å². The predicted molar refractivity (Wildman–Crippen MR) is 54.1 cm³/mol. The van der Waals surface area contributed by atoms with Crippen LogP contribution in [0, 0.1) is 0 Å². The zero-order valence-corrected chi connectivity index (χ0v) is 7.92. The fourth-order valence-corrected chi connectivity index (χ4v) is 1.75. The van der Waals surface area contributed by atoms with Gasteiger partial charge in [-0.25, -0.2) is 5.10 Å². The Hall–Kier alpha value is -1.36. The minimum Gasteiger partial charge on any atom is -0.394 e. The van der Waals surface area contributed by atoms with Crippen molar-refractivity contribution in [1.29, 1.82) is 0 Å². The van der Waals surface area contributed by atoms with Crippen LogP contribution in [0.4, 0.5) is 5.69 Å². The Labute approximate surface area is 81.7 Å². The second-order valence-corrected chi connectivity index (χ2v) is 3.62. The van der Waals surface area contributed by atoms with E-state index in [2.05, 4.69) is 15.5 Å². The van der Waals surface area contributed by atoms with E-state index < -0.39 is 0 Å². The Morgan fingerprint density at radius 2 is 2.43 bits per heavy atom. The van der Waals surface area contributed by atoms with Gasteiger partial charge in [0.2, 0.25) is 0 Å². The summed E-state index contributed by atoms with van der Waals surface area (Å²) in [6.07, 6.45) is 2.25. The average molecular weight is 194 g/mol. The summed E-state index contributed by atoms with van der Waals surface area (Å²) in [4.78, 5) is 11.0. The molecular formula is C9H14N4O. The molecular weight excluding hydrogens is 180 g/mol. The van der Waals surface area contributed by atoms with E-state index in [1.165, 1.54) is 0 Å². The van der Waals surface area contributed by atoms with Crippen molar-refractivity contribution < 1.29 is 0 Å². The van der Waals surface area contributed by atoms with Crippen LogP contribution in [-0.4, -0.2) is 23.3 Å². The summed E-state index contributed by atoms with van der Waals surface area (Å²) in [7, 11) is 0. The summed E-state index contributed by atoms with van der Waals surface area (Å²) in [5.74, 6) is 0.378. The van der Waals surface area contributed by atoms with E-state index in [-0.39, 0.29) is 11.2 Å². The first-order chi connectivity index (χ1) is 6.77. The molecule has 1 unspecified atom stereocenters. The van der Waals surface area contributed by atoms with E-state index in [0.717, 1.165) is 31.6 Å². The number of nitrogens with zero attached hydrogens (tertiary/aromatic N) is 1. The van der Waals surface area contributed by atoms with Crippen LogP contribution in [0.1, 0.15) is 24.5 Å². The number of H-pyrrole nitrogens is 1. The Morgan fingerprint density at radius 3 is 3.07 bits per heavy atom. The number of nitrogens with two attached hydrogens (primary N) is 1. The molecule has 1 aliphatic heterocycles. The molecule has 14 heavy (non-hydrogen) atoms. The van der Waals surface area contributed by atoms with Crippen LogP contribution >= 0.6 is 0 Å². The van der Waals surface area contributed by atoms with Gasteiger partial charge in [0.25, 0.3) is 5.56 Å². The molecule has 0 bridgehead atoms. The molecule has 1 saturated heterocycles. The molecule has 0 aliphatic carbocycles. The second-order valence-electron chi connectivity index (χ2n) is 3.62. The summed E-state index contributed by atoms with van der Waals surface area (Å²) >= 11 is 0. The maximum atomic E-state index is 11.0. The summed E-state index contributed by atoms with van der Waals surface area (Å²) in [6.45, 7) is 1.98. The number of hydrogen-bond donors (Lipinski definition) is 3. The maximum absolute atomic E-state index is 11.0. The van der Waals surface area contributed by atoms with Gasteiger partial charge in [0.15, 0.2) is 0 Å². The minimum atomic E-state index is -0.308. The number of hydrogen-bond acceptors (Lipinski definition) is 4. The number of nitrogen functional groups attached to an aromatic ring is 1. The standard InChI is InChI=1S/C9H14N4O/c10-7-4-8(12-13-9(7)14)6-2-1-3-11-5-6/h4,6,11H,1-3,5H2,(H2,10,12)(H,13,14). The number of piperidine rings is 1. The molecule has 5 nitrogen and oxygen atoms in total. The van der Waals surface area contributed by atoms with Gasteiger partial charge in [-0.3, -0.25) is 4.79 Å². The van der Waals surface area contributed by atoms with E-state index in [1.807, 2.05) is 0 Å². The van der Waals surface area contributed by atoms with Crippen molar-refractivity contribution in [1.82, 2.24) is 15.5 Å². The normalized spacial score (nSPS) is 22.1. The molecule has 5 heteroatoms. The predicted octanol–water partition coefficient (Wildman–Crippen LogP) is -0.181. The van der Waals surface area contributed by atoms with Crippen LogP contribution in [-0.2, 0) is 0 Å². The highest BCUT2D eigenvalue weighted by molar-refractivity contribution is 5.35. The first kappa shape index (κ1) is 9.21. The van der Waals surface area contributed by atoms with Crippen LogP contribution in [0.3, 0.4) is 0 Å². The molecule has 1 aliphatic rings. The van der Waals surface area contributed by atoms with Gasteiger partial charge in [0, 0.05) is 12.5 Å². The third-order valence-electron chi connectivity index (χ3n) is 2.57. The fraction of sp³-hybridized carbons (Fsp3) is 0.556. The summed E-state index contributed by atoms with van der Waals surface area (Å²) in [6, 6.07) is 1.68. The maximum Gasteiger partial charge on any atom is 0.287 e. The molecule has 1 aromatic rings. The van der Waals surface area contributed by atoms with Crippen molar-refractivity contribution in [3.8, 4) is 0 Å². The van der Waals surface area contributed by atoms with Crippen LogP contribution in [0.5, 0.6) is 0 Å². The third kappa shape index (κ3) is 1.77. The summed E-state index contributed by atoms with van der Waals surface area (Å²) < 4.78 is 0. The van der Waals surface area contributed by atoms with Crippen molar-refractivity contribution in [2.45, 2.75) is 18.8 Å². The quantitative estimate of drug-likeness (QED) is 0.579. The smallest absolute Gasteiger partial charge is 0.287 e. The molecule has 2 heterocycles. The Kier molecular flexibility index (Phi) is 2.49. The lowest BCUT2D eigenvalue weighted by molar-refractivity contribution is 0.451. The number of nitrogens with one attached hydrogen (secondary N) is 2. The van der Waals surface area contributed by atoms with E-state index >= 15 is 0 Å². The SMILES string of the molecule is Nc1cc(C2CCCNC2)n[nH]c1=O. The van der Waals surface area contributed by atoms with Gasteiger partial charge in [-0.15, -0.1) is 0 Å². The monoisotopic (exact) mass is 194 g/mol. The molecule has 1 fully saturated rings. The van der Waals surface area contributed by atoms with Gasteiger partial charge in [-0.2, -0.15) is 5.10 Å². The molecule has 1 aromatic heterocycles. The van der Waals surface area contributed by atoms with E-state index in [0.29, 0.717) is 5.92 Å². The summed E-state index contributed by atoms with van der Waals surface area (Å²) in [5.41, 5.74) is 6.35. The largest absolute Gasteiger partial charge is 0.394 e. The second kappa shape index (κ2) is 3.79. The lowest BCUT2D eigenvalue weighted by Gasteiger charge is -2.21. The molecule has 1 atom stereocenters. The van der Waals surface area contributed by atoms with Gasteiger partial charge in [-0.1, -0.05) is 0 Å². The zero-order valence-electron chi connectivity index (χ0n) is 7.92. The van der Waals surface area contributed by atoms with Crippen molar-refractivity contribution in [2.24, 2.45) is 0 Å². The van der Waals surface area contributed by atoms with Crippen molar-refractivity contribution >= 4 is 5.69 Å². The van der Waals surface area contributed by atoms with Crippen LogP contribution < -0.4 is 16.6 Å². The number of aromatic amines is 1. The lowest BCUT2D eigenvalue weighted by Crippen LogP contribution is -2.29. The van der Waals surface area contributed by atoms with Gasteiger partial charge in [-0.05, 0) is 25.5 Å². The highest BCUT2D eigenvalue weighted by Crippen LogP contribution is 2.20. The lowest BCUT2D eigenvalue weighted by atomic mass is 9.96. The first-order valence-corrected chi connectivity index (χ1v) is 4.83. The van der Waals surface area contributed by atoms with E-state index in [4.69, 9.17) is 5.73 Å². The van der Waals surface area contributed by atoms with Crippen LogP contribution in [0.15, 0.2) is 10.9 Å². The fourth-order valence-electron chi connectivity index (χ4n) is 1.75. The van der Waals surface area contributed by atoms with Gasteiger partial charge < -0.3 is 11.1 Å². The zero-order chi connectivity index (χ0) is 9.97. The third-order valence-corrected chi connectivity index (χ3v) is 2.57. The van der Waals surface area contributed by atoms with Gasteiger partial charge >= 0.3 is 0 Å². The van der Waals surface area contributed by atoms with Crippen LogP contribution in [0.2, 0.25) is 0 Å². The molecule has 0 aromatic carbocycles. The van der Waals surface area contributed by atoms with E-state index in [9.17, 15) is 4.79 Å².